The zero-order valence-corrected chi connectivity index (χ0v) is 41.9. The Hall–Kier alpha value is -10.2. The maximum Gasteiger partial charge on any atom is 0.160 e. The molecular weight excluding hydrogens is 935 g/mol. The molecule has 0 unspecified atom stereocenters. The summed E-state index contributed by atoms with van der Waals surface area (Å²) in [5.41, 5.74) is 23.2. The Bertz CT molecular complexity index is 4550. The fraction of sp³-hybridized carbons (Fsp3) is 0.0137. The van der Waals surface area contributed by atoms with E-state index in [1.54, 1.807) is 0 Å². The van der Waals surface area contributed by atoms with Crippen molar-refractivity contribution in [3.63, 3.8) is 0 Å². The van der Waals surface area contributed by atoms with E-state index < -0.39 is 5.41 Å². The van der Waals surface area contributed by atoms with Crippen LogP contribution in [0.5, 0.6) is 0 Å². The van der Waals surface area contributed by atoms with Crippen LogP contribution in [-0.4, -0.2) is 4.57 Å². The van der Waals surface area contributed by atoms with Gasteiger partial charge < -0.3 is 18.8 Å². The second-order valence-electron chi connectivity index (χ2n) is 20.3. The highest BCUT2D eigenvalue weighted by Crippen LogP contribution is 2.65. The van der Waals surface area contributed by atoms with E-state index in [2.05, 4.69) is 299 Å². The number of nitrogens with zero attached hydrogens (tertiary/aromatic N) is 3. The van der Waals surface area contributed by atoms with Crippen molar-refractivity contribution in [2.45, 2.75) is 5.41 Å². The molecule has 0 atom stereocenters. The minimum Gasteiger partial charge on any atom is -0.454 e. The molecule has 0 bridgehead atoms. The third-order valence-electron chi connectivity index (χ3n) is 16.3. The van der Waals surface area contributed by atoms with Gasteiger partial charge in [-0.1, -0.05) is 194 Å². The maximum absolute atomic E-state index is 7.19. The molecule has 12 aromatic carbocycles. The summed E-state index contributed by atoms with van der Waals surface area (Å²) in [6, 6.07) is 104. The van der Waals surface area contributed by atoms with Crippen LogP contribution >= 0.6 is 0 Å². The number of anilines is 6. The number of furan rings is 1. The van der Waals surface area contributed by atoms with E-state index >= 15 is 0 Å². The molecule has 2 aromatic heterocycles. The number of hydrogen-bond donors (Lipinski definition) is 0. The molecule has 0 saturated carbocycles. The average molecular weight is 982 g/mol. The van der Waals surface area contributed by atoms with Crippen molar-refractivity contribution in [2.75, 3.05) is 9.80 Å². The highest BCUT2D eigenvalue weighted by molar-refractivity contribution is 6.26. The van der Waals surface area contributed by atoms with Crippen molar-refractivity contribution in [3.8, 4) is 39.1 Å². The van der Waals surface area contributed by atoms with Crippen molar-refractivity contribution in [2.24, 2.45) is 0 Å². The highest BCUT2D eigenvalue weighted by Gasteiger charge is 2.52. The zero-order valence-electron chi connectivity index (χ0n) is 41.9. The lowest BCUT2D eigenvalue weighted by atomic mass is 9.70. The van der Waals surface area contributed by atoms with E-state index in [0.29, 0.717) is 0 Å². The van der Waals surface area contributed by atoms with Crippen LogP contribution in [0.3, 0.4) is 0 Å². The van der Waals surface area contributed by atoms with Crippen LogP contribution in [0.25, 0.3) is 82.8 Å². The Morgan fingerprint density at radius 1 is 0.338 bits per heavy atom. The molecule has 77 heavy (non-hydrogen) atoms. The molecule has 0 fully saturated rings. The molecule has 2 aliphatic rings. The van der Waals surface area contributed by atoms with E-state index in [4.69, 9.17) is 4.42 Å². The Morgan fingerprint density at radius 3 is 1.48 bits per heavy atom. The number of hydrogen-bond acceptors (Lipinski definition) is 3. The van der Waals surface area contributed by atoms with Gasteiger partial charge >= 0.3 is 0 Å². The lowest BCUT2D eigenvalue weighted by Gasteiger charge is -2.33. The smallest absolute Gasteiger partial charge is 0.160 e. The average Bonchev–Trinajstić information content (AvgIpc) is 4.33. The highest BCUT2D eigenvalue weighted by atomic mass is 16.3. The molecule has 1 spiro atoms. The van der Waals surface area contributed by atoms with Crippen molar-refractivity contribution >= 4 is 77.9 Å². The van der Waals surface area contributed by atoms with Crippen molar-refractivity contribution < 1.29 is 4.42 Å². The van der Waals surface area contributed by atoms with Crippen LogP contribution in [0.15, 0.2) is 290 Å². The van der Waals surface area contributed by atoms with E-state index in [9.17, 15) is 0 Å². The first-order chi connectivity index (χ1) is 38.2. The lowest BCUT2D eigenvalue weighted by Crippen LogP contribution is -2.26. The topological polar surface area (TPSA) is 24.6 Å². The molecule has 16 rings (SSSR count). The number of fused-ring (bicyclic) bond motifs is 17. The van der Waals surface area contributed by atoms with Gasteiger partial charge in [-0.05, 0) is 141 Å². The van der Waals surface area contributed by atoms with Gasteiger partial charge in [-0.15, -0.1) is 0 Å². The van der Waals surface area contributed by atoms with E-state index in [0.717, 1.165) is 94.7 Å². The van der Waals surface area contributed by atoms with Gasteiger partial charge in [0.1, 0.15) is 5.58 Å². The first kappa shape index (κ1) is 43.3. The van der Waals surface area contributed by atoms with Gasteiger partial charge in [0.25, 0.3) is 0 Å². The Labute approximate surface area is 446 Å². The van der Waals surface area contributed by atoms with Gasteiger partial charge in [-0.2, -0.15) is 0 Å². The summed E-state index contributed by atoms with van der Waals surface area (Å²) >= 11 is 0. The molecule has 4 nitrogen and oxygen atoms in total. The first-order valence-electron chi connectivity index (χ1n) is 26.5. The summed E-state index contributed by atoms with van der Waals surface area (Å²) in [7, 11) is 0. The Balaban J connectivity index is 1.03. The maximum atomic E-state index is 7.19. The third kappa shape index (κ3) is 6.27. The molecule has 0 aliphatic heterocycles. The number of rotatable bonds is 8. The fourth-order valence-corrected chi connectivity index (χ4v) is 13.3. The summed E-state index contributed by atoms with van der Waals surface area (Å²) in [6.07, 6.45) is 0. The summed E-state index contributed by atoms with van der Waals surface area (Å²) in [5, 5.41) is 4.43. The van der Waals surface area contributed by atoms with Crippen molar-refractivity contribution in [3.05, 3.63) is 307 Å². The monoisotopic (exact) mass is 981 g/mol. The van der Waals surface area contributed by atoms with E-state index in [-0.39, 0.29) is 0 Å². The van der Waals surface area contributed by atoms with Gasteiger partial charge in [-0.3, -0.25) is 0 Å². The molecule has 360 valence electrons. The largest absolute Gasteiger partial charge is 0.454 e. The first-order valence-corrected chi connectivity index (χ1v) is 26.5. The summed E-state index contributed by atoms with van der Waals surface area (Å²) in [4.78, 5) is 4.90. The molecule has 0 amide bonds. The van der Waals surface area contributed by atoms with E-state index in [1.165, 1.54) is 44.5 Å². The van der Waals surface area contributed by atoms with Crippen LogP contribution in [0.2, 0.25) is 0 Å². The van der Waals surface area contributed by atoms with Crippen molar-refractivity contribution in [1.29, 1.82) is 0 Å². The van der Waals surface area contributed by atoms with Gasteiger partial charge in [0, 0.05) is 61.2 Å². The van der Waals surface area contributed by atoms with Crippen LogP contribution < -0.4 is 9.80 Å². The second kappa shape index (κ2) is 16.9. The molecule has 2 aliphatic carbocycles. The predicted molar refractivity (Wildman–Crippen MR) is 319 cm³/mol. The third-order valence-corrected chi connectivity index (χ3v) is 16.3. The fourth-order valence-electron chi connectivity index (χ4n) is 13.3. The van der Waals surface area contributed by atoms with Crippen molar-refractivity contribution in [1.82, 2.24) is 4.57 Å². The minimum absolute atomic E-state index is 0.510. The minimum atomic E-state index is -0.510. The van der Waals surface area contributed by atoms with Crippen LogP contribution in [0, 0.1) is 0 Å². The number of benzene rings is 12. The number of aromatic nitrogens is 1. The Kier molecular flexibility index (Phi) is 9.52. The molecule has 0 N–H and O–H groups in total. The van der Waals surface area contributed by atoms with E-state index in [1.807, 2.05) is 0 Å². The predicted octanol–water partition coefficient (Wildman–Crippen LogP) is 19.6. The van der Waals surface area contributed by atoms with Crippen LogP contribution in [-0.2, 0) is 5.41 Å². The quantitative estimate of drug-likeness (QED) is 0.152. The molecule has 0 radical (unpaired) electrons. The molecule has 14 aromatic rings. The second-order valence-corrected chi connectivity index (χ2v) is 20.3. The summed E-state index contributed by atoms with van der Waals surface area (Å²) in [5.74, 6) is 0. The molecular formula is C73H47N3O. The Morgan fingerprint density at radius 2 is 0.831 bits per heavy atom. The van der Waals surface area contributed by atoms with Gasteiger partial charge in [-0.25, -0.2) is 0 Å². The SMILES string of the molecule is c1ccc(N(c2ccccc2)c2cc(-c3cc4c5ccccc5n(-c5ccccc5)c4c4oc5ccccc5c34)cc(N(c3ccccc3)c3cccc4c3-c3ccccc3C43c4ccccc4-c4ccccc43)c2)cc1. The van der Waals surface area contributed by atoms with Crippen LogP contribution in [0.4, 0.5) is 34.1 Å². The lowest BCUT2D eigenvalue weighted by molar-refractivity contribution is 0.671. The number of para-hydroxylation sites is 6. The molecule has 2 heterocycles. The zero-order chi connectivity index (χ0) is 50.6. The molecule has 4 heteroatoms. The van der Waals surface area contributed by atoms with Gasteiger partial charge in [0.05, 0.1) is 22.1 Å². The summed E-state index contributed by atoms with van der Waals surface area (Å²) < 4.78 is 9.57. The summed E-state index contributed by atoms with van der Waals surface area (Å²) in [6.45, 7) is 0. The van der Waals surface area contributed by atoms with Gasteiger partial charge in [0.15, 0.2) is 5.58 Å². The normalized spacial score (nSPS) is 12.8. The van der Waals surface area contributed by atoms with Gasteiger partial charge in [0.2, 0.25) is 0 Å². The van der Waals surface area contributed by atoms with Crippen LogP contribution in [0.1, 0.15) is 22.3 Å². The standard InChI is InChI=1S/C73H47N3O/c1-5-24-49(25-6-1)74(50-26-7-2-8-27-50)53-44-48(60-47-61-57-34-16-21-41-66(57)76(52-30-11-4-12-31-52)71(61)72-69(60)59-36-17-22-43-68(59)77-72)45-54(46-53)75(51-28-9-3-10-29-51)67-42-23-40-65-70(67)58-35-15-20-39-64(58)73(65)62-37-18-13-32-55(62)56-33-14-19-38-63(56)73/h1-47H. The molecule has 0 saturated heterocycles.